The number of nitrogen functional groups attached to an aromatic ring is 1. The number of nitrogens with one attached hydrogen (secondary N) is 2. The standard InChI is InChI=1S/C12H20N4O/c1-8(2)6-15-12(17)9(3)16-11-4-5-14-7-10(11)13/h4-5,7-9H,6,13H2,1-3H3,(H,14,16)(H,15,17). The molecule has 5 heteroatoms. The molecule has 17 heavy (non-hydrogen) atoms. The van der Waals surface area contributed by atoms with Crippen LogP contribution >= 0.6 is 0 Å². The second kappa shape index (κ2) is 6.08. The summed E-state index contributed by atoms with van der Waals surface area (Å²) in [6.45, 7) is 6.59. The van der Waals surface area contributed by atoms with E-state index < -0.39 is 0 Å². The lowest BCUT2D eigenvalue weighted by molar-refractivity contribution is -0.121. The number of anilines is 2. The smallest absolute Gasteiger partial charge is 0.242 e. The maximum Gasteiger partial charge on any atom is 0.242 e. The fourth-order valence-corrected chi connectivity index (χ4v) is 1.29. The molecule has 1 unspecified atom stereocenters. The van der Waals surface area contributed by atoms with E-state index in [1.807, 2.05) is 0 Å². The van der Waals surface area contributed by atoms with Crippen LogP contribution in [0.3, 0.4) is 0 Å². The first-order valence-electron chi connectivity index (χ1n) is 5.74. The third-order valence-electron chi connectivity index (χ3n) is 2.30. The summed E-state index contributed by atoms with van der Waals surface area (Å²) in [6.07, 6.45) is 3.19. The van der Waals surface area contributed by atoms with E-state index in [1.165, 1.54) is 0 Å². The number of hydrogen-bond acceptors (Lipinski definition) is 4. The molecule has 5 nitrogen and oxygen atoms in total. The predicted molar refractivity (Wildman–Crippen MR) is 69.6 cm³/mol. The summed E-state index contributed by atoms with van der Waals surface area (Å²) >= 11 is 0. The van der Waals surface area contributed by atoms with Gasteiger partial charge in [0.05, 0.1) is 17.6 Å². The zero-order chi connectivity index (χ0) is 12.8. The summed E-state index contributed by atoms with van der Waals surface area (Å²) in [6, 6.07) is 1.43. The van der Waals surface area contributed by atoms with Gasteiger partial charge in [-0.1, -0.05) is 13.8 Å². The second-order valence-electron chi connectivity index (χ2n) is 4.47. The van der Waals surface area contributed by atoms with E-state index in [9.17, 15) is 4.79 Å². The van der Waals surface area contributed by atoms with Crippen molar-refractivity contribution >= 4 is 17.3 Å². The molecule has 1 rings (SSSR count). The van der Waals surface area contributed by atoms with Crippen LogP contribution < -0.4 is 16.4 Å². The van der Waals surface area contributed by atoms with E-state index >= 15 is 0 Å². The van der Waals surface area contributed by atoms with Gasteiger partial charge in [0, 0.05) is 12.7 Å². The molecule has 0 aliphatic rings. The Morgan fingerprint density at radius 2 is 2.18 bits per heavy atom. The predicted octanol–water partition coefficient (Wildman–Crippen LogP) is 1.24. The number of carbonyl (C=O) groups is 1. The molecule has 0 fully saturated rings. The molecule has 1 amide bonds. The molecular weight excluding hydrogens is 216 g/mol. The summed E-state index contributed by atoms with van der Waals surface area (Å²) in [5, 5.41) is 5.92. The lowest BCUT2D eigenvalue weighted by Crippen LogP contribution is -2.39. The Morgan fingerprint density at radius 1 is 1.47 bits per heavy atom. The number of hydrogen-bond donors (Lipinski definition) is 3. The van der Waals surface area contributed by atoms with Gasteiger partial charge in [0.1, 0.15) is 6.04 Å². The van der Waals surface area contributed by atoms with Crippen molar-refractivity contribution in [3.63, 3.8) is 0 Å². The molecule has 1 aromatic rings. The average molecular weight is 236 g/mol. The first kappa shape index (κ1) is 13.3. The monoisotopic (exact) mass is 236 g/mol. The van der Waals surface area contributed by atoms with E-state index in [0.717, 1.165) is 5.69 Å². The van der Waals surface area contributed by atoms with Gasteiger partial charge >= 0.3 is 0 Å². The van der Waals surface area contributed by atoms with Gasteiger partial charge < -0.3 is 16.4 Å². The van der Waals surface area contributed by atoms with Crippen LogP contribution in [0.2, 0.25) is 0 Å². The van der Waals surface area contributed by atoms with Gasteiger partial charge in [0.15, 0.2) is 0 Å². The molecule has 0 bridgehead atoms. The highest BCUT2D eigenvalue weighted by Crippen LogP contribution is 2.16. The van der Waals surface area contributed by atoms with E-state index in [0.29, 0.717) is 18.2 Å². The molecule has 94 valence electrons. The van der Waals surface area contributed by atoms with Crippen molar-refractivity contribution in [1.29, 1.82) is 0 Å². The molecule has 0 spiro atoms. The van der Waals surface area contributed by atoms with E-state index in [2.05, 4.69) is 29.5 Å². The lowest BCUT2D eigenvalue weighted by Gasteiger charge is -2.17. The van der Waals surface area contributed by atoms with Crippen molar-refractivity contribution < 1.29 is 4.79 Å². The van der Waals surface area contributed by atoms with Gasteiger partial charge in [-0.25, -0.2) is 0 Å². The molecule has 0 radical (unpaired) electrons. The Kier molecular flexibility index (Phi) is 4.75. The van der Waals surface area contributed by atoms with Crippen molar-refractivity contribution in [2.75, 3.05) is 17.6 Å². The maximum absolute atomic E-state index is 11.7. The minimum atomic E-state index is -0.321. The minimum absolute atomic E-state index is 0.0325. The number of nitrogens with zero attached hydrogens (tertiary/aromatic N) is 1. The van der Waals surface area contributed by atoms with Gasteiger partial charge in [-0.2, -0.15) is 0 Å². The van der Waals surface area contributed by atoms with Gasteiger partial charge in [-0.05, 0) is 18.9 Å². The Balaban J connectivity index is 2.51. The lowest BCUT2D eigenvalue weighted by atomic mass is 10.2. The van der Waals surface area contributed by atoms with Crippen LogP contribution in [0.5, 0.6) is 0 Å². The van der Waals surface area contributed by atoms with Crippen molar-refractivity contribution in [3.05, 3.63) is 18.5 Å². The zero-order valence-corrected chi connectivity index (χ0v) is 10.5. The summed E-state index contributed by atoms with van der Waals surface area (Å²) in [4.78, 5) is 15.6. The van der Waals surface area contributed by atoms with Crippen molar-refractivity contribution in [2.24, 2.45) is 5.92 Å². The number of nitrogens with two attached hydrogens (primary N) is 1. The number of aromatic nitrogens is 1. The van der Waals surface area contributed by atoms with Crippen LogP contribution in [0.15, 0.2) is 18.5 Å². The molecular formula is C12H20N4O. The van der Waals surface area contributed by atoms with Crippen molar-refractivity contribution in [3.8, 4) is 0 Å². The molecule has 1 atom stereocenters. The van der Waals surface area contributed by atoms with Crippen LogP contribution in [0.25, 0.3) is 0 Å². The van der Waals surface area contributed by atoms with Crippen molar-refractivity contribution in [1.82, 2.24) is 10.3 Å². The van der Waals surface area contributed by atoms with Gasteiger partial charge in [0.25, 0.3) is 0 Å². The third-order valence-corrected chi connectivity index (χ3v) is 2.30. The molecule has 1 heterocycles. The van der Waals surface area contributed by atoms with E-state index in [4.69, 9.17) is 5.73 Å². The topological polar surface area (TPSA) is 80.0 Å². The molecule has 0 saturated carbocycles. The van der Waals surface area contributed by atoms with E-state index in [-0.39, 0.29) is 11.9 Å². The molecule has 4 N–H and O–H groups in total. The fraction of sp³-hybridized carbons (Fsp3) is 0.500. The molecule has 0 aromatic carbocycles. The number of amides is 1. The molecule has 0 aliphatic heterocycles. The molecule has 1 aromatic heterocycles. The summed E-state index contributed by atoms with van der Waals surface area (Å²) < 4.78 is 0. The highest BCUT2D eigenvalue weighted by molar-refractivity contribution is 5.85. The van der Waals surface area contributed by atoms with Crippen LogP contribution in [-0.4, -0.2) is 23.5 Å². The van der Waals surface area contributed by atoms with E-state index in [1.54, 1.807) is 25.4 Å². The van der Waals surface area contributed by atoms with Gasteiger partial charge in [0.2, 0.25) is 5.91 Å². The van der Waals surface area contributed by atoms with Gasteiger partial charge in [-0.15, -0.1) is 0 Å². The highest BCUT2D eigenvalue weighted by Gasteiger charge is 2.13. The normalized spacial score (nSPS) is 12.2. The molecule has 0 aliphatic carbocycles. The molecule has 0 saturated heterocycles. The Hall–Kier alpha value is -1.78. The van der Waals surface area contributed by atoms with Crippen LogP contribution in [0.4, 0.5) is 11.4 Å². The summed E-state index contributed by atoms with van der Waals surface area (Å²) in [5.41, 5.74) is 7.00. The number of pyridine rings is 1. The highest BCUT2D eigenvalue weighted by atomic mass is 16.2. The first-order valence-corrected chi connectivity index (χ1v) is 5.74. The van der Waals surface area contributed by atoms with Crippen LogP contribution in [0, 0.1) is 5.92 Å². The largest absolute Gasteiger partial charge is 0.396 e. The number of carbonyl (C=O) groups excluding carboxylic acids is 1. The maximum atomic E-state index is 11.7. The Bertz CT molecular complexity index is 379. The zero-order valence-electron chi connectivity index (χ0n) is 10.5. The minimum Gasteiger partial charge on any atom is -0.396 e. The van der Waals surface area contributed by atoms with Gasteiger partial charge in [-0.3, -0.25) is 9.78 Å². The second-order valence-corrected chi connectivity index (χ2v) is 4.47. The Labute approximate surface area is 102 Å². The average Bonchev–Trinajstić information content (AvgIpc) is 2.28. The SMILES string of the molecule is CC(C)CNC(=O)C(C)Nc1ccncc1N. The Morgan fingerprint density at radius 3 is 2.76 bits per heavy atom. The first-order chi connectivity index (χ1) is 8.00. The van der Waals surface area contributed by atoms with Crippen LogP contribution in [0.1, 0.15) is 20.8 Å². The quantitative estimate of drug-likeness (QED) is 0.718. The van der Waals surface area contributed by atoms with Crippen LogP contribution in [-0.2, 0) is 4.79 Å². The fourth-order valence-electron chi connectivity index (χ4n) is 1.29. The number of rotatable bonds is 5. The third kappa shape index (κ3) is 4.30. The summed E-state index contributed by atoms with van der Waals surface area (Å²) in [5.74, 6) is 0.409. The van der Waals surface area contributed by atoms with Crippen molar-refractivity contribution in [2.45, 2.75) is 26.8 Å². The summed E-state index contributed by atoms with van der Waals surface area (Å²) in [7, 11) is 0.